The molecule has 2 aromatic carbocycles. The largest absolute Gasteiger partial charge is 0.461 e. The summed E-state index contributed by atoms with van der Waals surface area (Å²) < 4.78 is 23.9. The minimum absolute atomic E-state index is 0.0991. The Morgan fingerprint density at radius 3 is 2.13 bits per heavy atom. The first-order valence-electron chi connectivity index (χ1n) is 10.3. The Labute approximate surface area is 180 Å². The van der Waals surface area contributed by atoms with Gasteiger partial charge in [-0.25, -0.2) is 0 Å². The Bertz CT molecular complexity index is 827. The molecule has 0 aliphatic carbocycles. The summed E-state index contributed by atoms with van der Waals surface area (Å²) in [5, 5.41) is 10.4. The summed E-state index contributed by atoms with van der Waals surface area (Å²) in [7, 11) is -1.92. The van der Waals surface area contributed by atoms with E-state index >= 15 is 0 Å². The first kappa shape index (κ1) is 22.6. The van der Waals surface area contributed by atoms with E-state index in [0.717, 1.165) is 11.5 Å². The minimum atomic E-state index is -1.92. The maximum atomic E-state index is 10.3. The quantitative estimate of drug-likeness (QED) is 0.465. The summed E-state index contributed by atoms with van der Waals surface area (Å²) in [6.45, 7) is 11.3. The SMILES string of the molecule is CC(C)(C)[Si](C)(C)OC[C@H]1O[C@@H](Oc2ccc(Oc3ccccc3)cc2)C=C[C@H]1O. The molecule has 1 aliphatic heterocycles. The molecule has 2 aromatic rings. The summed E-state index contributed by atoms with van der Waals surface area (Å²) in [4.78, 5) is 0. The molecule has 0 saturated carbocycles. The van der Waals surface area contributed by atoms with Crippen LogP contribution in [-0.2, 0) is 9.16 Å². The van der Waals surface area contributed by atoms with E-state index in [1.807, 2.05) is 54.6 Å². The molecule has 1 N–H and O–H groups in total. The molecule has 0 radical (unpaired) electrons. The number of aliphatic hydroxyl groups is 1. The highest BCUT2D eigenvalue weighted by Gasteiger charge is 2.39. The highest BCUT2D eigenvalue weighted by molar-refractivity contribution is 6.74. The molecular formula is C24H32O5Si. The Balaban J connectivity index is 1.56. The second-order valence-electron chi connectivity index (χ2n) is 8.99. The zero-order valence-electron chi connectivity index (χ0n) is 18.4. The van der Waals surface area contributed by atoms with Crippen LogP contribution >= 0.6 is 0 Å². The summed E-state index contributed by atoms with van der Waals surface area (Å²) in [5.41, 5.74) is 0. The van der Waals surface area contributed by atoms with Gasteiger partial charge in [-0.1, -0.05) is 45.0 Å². The highest BCUT2D eigenvalue weighted by atomic mass is 28.4. The number of hydrogen-bond acceptors (Lipinski definition) is 5. The lowest BCUT2D eigenvalue weighted by Gasteiger charge is -2.38. The van der Waals surface area contributed by atoms with Gasteiger partial charge in [0, 0.05) is 0 Å². The molecule has 6 heteroatoms. The van der Waals surface area contributed by atoms with Crippen molar-refractivity contribution in [2.24, 2.45) is 0 Å². The molecule has 0 amide bonds. The van der Waals surface area contributed by atoms with Gasteiger partial charge in [-0.05, 0) is 60.6 Å². The topological polar surface area (TPSA) is 57.2 Å². The number of hydrogen-bond donors (Lipinski definition) is 1. The first-order valence-corrected chi connectivity index (χ1v) is 13.2. The zero-order valence-corrected chi connectivity index (χ0v) is 19.4. The number of rotatable bonds is 7. The van der Waals surface area contributed by atoms with Crippen LogP contribution in [0.25, 0.3) is 0 Å². The van der Waals surface area contributed by atoms with Gasteiger partial charge in [-0.15, -0.1) is 0 Å². The third-order valence-electron chi connectivity index (χ3n) is 5.62. The Hall–Kier alpha value is -2.12. The van der Waals surface area contributed by atoms with Crippen molar-refractivity contribution >= 4 is 8.32 Å². The van der Waals surface area contributed by atoms with Crippen molar-refractivity contribution in [1.29, 1.82) is 0 Å². The maximum Gasteiger partial charge on any atom is 0.220 e. The predicted molar refractivity (Wildman–Crippen MR) is 121 cm³/mol. The van der Waals surface area contributed by atoms with Crippen molar-refractivity contribution in [2.75, 3.05) is 6.61 Å². The van der Waals surface area contributed by atoms with E-state index in [2.05, 4.69) is 33.9 Å². The van der Waals surface area contributed by atoms with Crippen LogP contribution < -0.4 is 9.47 Å². The van der Waals surface area contributed by atoms with Gasteiger partial charge in [-0.3, -0.25) is 0 Å². The van der Waals surface area contributed by atoms with E-state index in [4.69, 9.17) is 18.6 Å². The average molecular weight is 429 g/mol. The van der Waals surface area contributed by atoms with Gasteiger partial charge in [-0.2, -0.15) is 0 Å². The van der Waals surface area contributed by atoms with Crippen LogP contribution in [0, 0.1) is 0 Å². The summed E-state index contributed by atoms with van der Waals surface area (Å²) in [6, 6.07) is 17.0. The van der Waals surface area contributed by atoms with Gasteiger partial charge in [0.2, 0.25) is 6.29 Å². The molecule has 0 fully saturated rings. The fourth-order valence-corrected chi connectivity index (χ4v) is 3.70. The molecule has 1 aliphatic rings. The Kier molecular flexibility index (Phi) is 7.03. The molecule has 3 rings (SSSR count). The highest BCUT2D eigenvalue weighted by Crippen LogP contribution is 2.37. The molecule has 5 nitrogen and oxygen atoms in total. The predicted octanol–water partition coefficient (Wildman–Crippen LogP) is 5.52. The van der Waals surface area contributed by atoms with Crippen LogP contribution in [0.5, 0.6) is 17.2 Å². The van der Waals surface area contributed by atoms with Crippen molar-refractivity contribution < 1.29 is 23.7 Å². The molecule has 162 valence electrons. The van der Waals surface area contributed by atoms with E-state index in [-0.39, 0.29) is 5.04 Å². The van der Waals surface area contributed by atoms with Crippen LogP contribution in [0.1, 0.15) is 20.8 Å². The number of aliphatic hydroxyl groups excluding tert-OH is 1. The molecule has 0 saturated heterocycles. The van der Waals surface area contributed by atoms with Crippen molar-refractivity contribution in [3.05, 3.63) is 66.7 Å². The third kappa shape index (κ3) is 5.95. The van der Waals surface area contributed by atoms with Crippen molar-refractivity contribution in [2.45, 2.75) is 57.4 Å². The van der Waals surface area contributed by atoms with Gasteiger partial charge in [0.05, 0.1) is 6.61 Å². The van der Waals surface area contributed by atoms with E-state index in [1.165, 1.54) is 0 Å². The Morgan fingerprint density at radius 1 is 0.900 bits per heavy atom. The fraction of sp³-hybridized carbons (Fsp3) is 0.417. The molecule has 0 spiro atoms. The summed E-state index contributed by atoms with van der Waals surface area (Å²) in [6.07, 6.45) is 1.68. The lowest BCUT2D eigenvalue weighted by Crippen LogP contribution is -2.47. The number of ether oxygens (including phenoxy) is 3. The number of benzene rings is 2. The first-order chi connectivity index (χ1) is 14.1. The van der Waals surface area contributed by atoms with Gasteiger partial charge >= 0.3 is 0 Å². The van der Waals surface area contributed by atoms with Crippen molar-refractivity contribution in [3.8, 4) is 17.2 Å². The van der Waals surface area contributed by atoms with Crippen molar-refractivity contribution in [3.63, 3.8) is 0 Å². The molecule has 30 heavy (non-hydrogen) atoms. The standard InChI is InChI=1S/C24H32O5Si/c1-24(2,3)30(4,5)26-17-22-21(25)15-16-23(29-22)28-20-13-11-19(12-14-20)27-18-9-7-6-8-10-18/h6-16,21-23,25H,17H2,1-5H3/t21-,22-,23-/m1/s1. The molecule has 1 heterocycles. The summed E-state index contributed by atoms with van der Waals surface area (Å²) >= 11 is 0. The lowest BCUT2D eigenvalue weighted by atomic mass is 10.1. The monoisotopic (exact) mass is 428 g/mol. The van der Waals surface area contributed by atoms with E-state index in [9.17, 15) is 5.11 Å². The lowest BCUT2D eigenvalue weighted by molar-refractivity contribution is -0.141. The van der Waals surface area contributed by atoms with Crippen LogP contribution in [0.2, 0.25) is 18.1 Å². The molecule has 0 bridgehead atoms. The maximum absolute atomic E-state index is 10.3. The second kappa shape index (κ2) is 9.35. The molecule has 0 aromatic heterocycles. The van der Waals surface area contributed by atoms with Gasteiger partial charge in [0.15, 0.2) is 8.32 Å². The van der Waals surface area contributed by atoms with E-state index in [1.54, 1.807) is 12.2 Å². The van der Waals surface area contributed by atoms with Crippen LogP contribution in [0.3, 0.4) is 0 Å². The van der Waals surface area contributed by atoms with Crippen LogP contribution in [0.4, 0.5) is 0 Å². The molecular weight excluding hydrogens is 396 g/mol. The second-order valence-corrected chi connectivity index (χ2v) is 13.8. The van der Waals surface area contributed by atoms with Gasteiger partial charge in [0.25, 0.3) is 0 Å². The molecule has 3 atom stereocenters. The van der Waals surface area contributed by atoms with Crippen molar-refractivity contribution in [1.82, 2.24) is 0 Å². The van der Waals surface area contributed by atoms with E-state index < -0.39 is 26.8 Å². The smallest absolute Gasteiger partial charge is 0.220 e. The van der Waals surface area contributed by atoms with Gasteiger partial charge < -0.3 is 23.7 Å². The van der Waals surface area contributed by atoms with Crippen LogP contribution in [-0.4, -0.2) is 38.5 Å². The summed E-state index contributed by atoms with van der Waals surface area (Å²) in [5.74, 6) is 2.17. The normalized spacial score (nSPS) is 22.0. The zero-order chi connectivity index (χ0) is 21.8. The average Bonchev–Trinajstić information content (AvgIpc) is 2.70. The third-order valence-corrected chi connectivity index (χ3v) is 10.1. The van der Waals surface area contributed by atoms with E-state index in [0.29, 0.717) is 12.4 Å². The van der Waals surface area contributed by atoms with Crippen LogP contribution in [0.15, 0.2) is 66.7 Å². The van der Waals surface area contributed by atoms with Gasteiger partial charge in [0.1, 0.15) is 29.5 Å². The Morgan fingerprint density at radius 2 is 1.50 bits per heavy atom. The minimum Gasteiger partial charge on any atom is -0.461 e. The fourth-order valence-electron chi connectivity index (χ4n) is 2.68. The molecule has 0 unspecified atom stereocenters. The number of para-hydroxylation sites is 1.